The number of aromatic nitrogens is 2. The van der Waals surface area contributed by atoms with E-state index in [1.807, 2.05) is 24.3 Å². The number of piperazine rings is 1. The number of para-hydroxylation sites is 1. The number of benzene rings is 1. The summed E-state index contributed by atoms with van der Waals surface area (Å²) >= 11 is 1.26. The predicted molar refractivity (Wildman–Crippen MR) is 125 cm³/mol. The highest BCUT2D eigenvalue weighted by atomic mass is 32.1. The van der Waals surface area contributed by atoms with Crippen LogP contribution in [0.15, 0.2) is 36.7 Å². The topological polar surface area (TPSA) is 64.3 Å². The molecule has 0 spiro atoms. The van der Waals surface area contributed by atoms with Gasteiger partial charge in [-0.15, -0.1) is 0 Å². The van der Waals surface area contributed by atoms with Crippen molar-refractivity contribution in [2.45, 2.75) is 38.2 Å². The maximum atomic E-state index is 15.0. The van der Waals surface area contributed by atoms with Crippen molar-refractivity contribution in [3.8, 4) is 0 Å². The number of fused-ring (bicyclic) bond motifs is 1. The summed E-state index contributed by atoms with van der Waals surface area (Å²) in [6.45, 7) is 5.25. The van der Waals surface area contributed by atoms with Crippen molar-refractivity contribution in [3.05, 3.63) is 47.1 Å². The zero-order valence-corrected chi connectivity index (χ0v) is 19.2. The number of hydrogen-bond donors (Lipinski definition) is 2. The lowest BCUT2D eigenvalue weighted by Gasteiger charge is -2.32. The quantitative estimate of drug-likeness (QED) is 0.529. The van der Waals surface area contributed by atoms with E-state index in [9.17, 15) is 4.79 Å². The van der Waals surface area contributed by atoms with Crippen LogP contribution in [0.2, 0.25) is 0 Å². The molecule has 0 saturated carbocycles. The normalized spacial score (nSPS) is 16.4. The molecule has 172 valence electrons. The van der Waals surface area contributed by atoms with Crippen LogP contribution in [0, 0.1) is 0 Å². The first-order chi connectivity index (χ1) is 15.4. The third kappa shape index (κ3) is 4.94. The molecule has 0 bridgehead atoms. The van der Waals surface area contributed by atoms with Gasteiger partial charge in [0.25, 0.3) is 11.8 Å². The Morgan fingerprint density at radius 3 is 2.78 bits per heavy atom. The number of nitrogens with one attached hydrogen (secondary N) is 2. The van der Waals surface area contributed by atoms with Crippen LogP contribution >= 0.6 is 11.3 Å². The molecular weight excluding hydrogens is 432 g/mol. The fraction of sp³-hybridized carbons (Fsp3) is 0.478. The van der Waals surface area contributed by atoms with Gasteiger partial charge >= 0.3 is 0 Å². The minimum atomic E-state index is -3.02. The van der Waals surface area contributed by atoms with E-state index in [0.29, 0.717) is 11.3 Å². The molecule has 1 aromatic carbocycles. The number of likely N-dealkylation sites (N-methyl/N-ethyl adjacent to an activating group) is 1. The van der Waals surface area contributed by atoms with Gasteiger partial charge in [-0.1, -0.05) is 42.9 Å². The third-order valence-electron chi connectivity index (χ3n) is 5.99. The van der Waals surface area contributed by atoms with Crippen LogP contribution in [0.25, 0.3) is 10.9 Å². The van der Waals surface area contributed by atoms with Gasteiger partial charge in [0.2, 0.25) is 0 Å². The van der Waals surface area contributed by atoms with Crippen LogP contribution < -0.4 is 10.2 Å². The summed E-state index contributed by atoms with van der Waals surface area (Å²) in [5.41, 5.74) is 1.66. The van der Waals surface area contributed by atoms with Gasteiger partial charge in [-0.05, 0) is 18.7 Å². The van der Waals surface area contributed by atoms with Crippen LogP contribution in [-0.2, 0) is 6.42 Å². The largest absolute Gasteiger partial charge is 0.361 e. The number of H-pyrrole nitrogens is 1. The lowest BCUT2D eigenvalue weighted by molar-refractivity contribution is -0.0429. The molecule has 0 radical (unpaired) electrons. The van der Waals surface area contributed by atoms with Crippen molar-refractivity contribution in [2.24, 2.45) is 0 Å². The van der Waals surface area contributed by atoms with E-state index in [-0.39, 0.29) is 12.8 Å². The van der Waals surface area contributed by atoms with E-state index in [1.54, 1.807) is 13.1 Å². The van der Waals surface area contributed by atoms with E-state index in [4.69, 9.17) is 0 Å². The zero-order chi connectivity index (χ0) is 22.7. The predicted octanol–water partition coefficient (Wildman–Crippen LogP) is 4.15. The second-order valence-corrected chi connectivity index (χ2v) is 9.41. The Balaban J connectivity index is 1.51. The molecule has 4 rings (SSSR count). The van der Waals surface area contributed by atoms with Gasteiger partial charge in [-0.25, -0.2) is 13.8 Å². The average Bonchev–Trinajstić information content (AvgIpc) is 3.42. The number of carbonyl (C=O) groups is 1. The van der Waals surface area contributed by atoms with Crippen molar-refractivity contribution < 1.29 is 13.6 Å². The Kier molecular flexibility index (Phi) is 6.76. The van der Waals surface area contributed by atoms with Gasteiger partial charge in [0.15, 0.2) is 5.13 Å². The fourth-order valence-corrected chi connectivity index (χ4v) is 4.95. The monoisotopic (exact) mass is 461 g/mol. The van der Waals surface area contributed by atoms with Gasteiger partial charge in [-0.2, -0.15) is 0 Å². The molecule has 2 N–H and O–H groups in total. The van der Waals surface area contributed by atoms with Gasteiger partial charge in [0.05, 0.1) is 12.2 Å². The average molecular weight is 462 g/mol. The number of alkyl halides is 2. The maximum Gasteiger partial charge on any atom is 0.268 e. The molecule has 1 fully saturated rings. The molecule has 6 nitrogen and oxygen atoms in total. The Bertz CT molecular complexity index is 1060. The van der Waals surface area contributed by atoms with E-state index >= 15 is 8.78 Å². The lowest BCUT2D eigenvalue weighted by Crippen LogP contribution is -2.48. The number of carbonyl (C=O) groups excluding carboxylic acids is 1. The highest BCUT2D eigenvalue weighted by Crippen LogP contribution is 2.30. The molecule has 3 heterocycles. The Morgan fingerprint density at radius 2 is 2.03 bits per heavy atom. The molecule has 9 heteroatoms. The molecular formula is C23H29F2N5OS. The van der Waals surface area contributed by atoms with Crippen molar-refractivity contribution in [1.82, 2.24) is 20.2 Å². The Labute approximate surface area is 190 Å². The summed E-state index contributed by atoms with van der Waals surface area (Å²) in [6, 6.07) is 6.30. The number of hydrogen-bond acceptors (Lipinski definition) is 5. The molecule has 3 aromatic rings. The molecule has 0 aliphatic carbocycles. The first-order valence-electron chi connectivity index (χ1n) is 11.0. The van der Waals surface area contributed by atoms with Gasteiger partial charge < -0.3 is 20.1 Å². The first kappa shape index (κ1) is 22.7. The van der Waals surface area contributed by atoms with Crippen LogP contribution in [0.3, 0.4) is 0 Å². The molecule has 1 aliphatic rings. The summed E-state index contributed by atoms with van der Waals surface area (Å²) in [5.74, 6) is -3.52. The van der Waals surface area contributed by atoms with Crippen LogP contribution in [0.1, 0.15) is 35.0 Å². The van der Waals surface area contributed by atoms with Gasteiger partial charge in [-0.3, -0.25) is 4.79 Å². The summed E-state index contributed by atoms with van der Waals surface area (Å²) in [4.78, 5) is 25.2. The number of amides is 1. The molecule has 1 aliphatic heterocycles. The van der Waals surface area contributed by atoms with Crippen LogP contribution in [0.4, 0.5) is 13.9 Å². The number of nitrogens with zero attached hydrogens (tertiary/aromatic N) is 3. The number of aromatic amines is 1. The minimum absolute atomic E-state index is 0.0485. The molecule has 1 saturated heterocycles. The zero-order valence-electron chi connectivity index (χ0n) is 18.4. The van der Waals surface area contributed by atoms with Crippen molar-refractivity contribution >= 4 is 33.3 Å². The standard InChI is InChI=1S/C23H29F2N5OS/c1-3-8-23(24,25)20(13-16-14-26-18-7-5-4-6-17(16)18)28-21(31)19-15-27-22(32-19)30-11-9-29(2)10-12-30/h4-7,14-15,20,26H,3,8-13H2,1-2H3,(H,28,31). The second kappa shape index (κ2) is 9.54. The second-order valence-electron chi connectivity index (χ2n) is 8.40. The highest BCUT2D eigenvalue weighted by molar-refractivity contribution is 7.17. The van der Waals surface area contributed by atoms with Gasteiger partial charge in [0.1, 0.15) is 4.88 Å². The van der Waals surface area contributed by atoms with E-state index in [1.165, 1.54) is 17.5 Å². The molecule has 1 atom stereocenters. The Hall–Kier alpha value is -2.52. The summed E-state index contributed by atoms with van der Waals surface area (Å²) < 4.78 is 30.1. The summed E-state index contributed by atoms with van der Waals surface area (Å²) in [5, 5.41) is 4.28. The van der Waals surface area contributed by atoms with E-state index < -0.39 is 17.9 Å². The molecule has 1 unspecified atom stereocenters. The SMILES string of the molecule is CCCC(F)(F)C(Cc1c[nH]c2ccccc12)NC(=O)c1cnc(N2CCN(C)CC2)s1. The first-order valence-corrected chi connectivity index (χ1v) is 11.8. The third-order valence-corrected chi connectivity index (χ3v) is 7.05. The summed E-state index contributed by atoms with van der Waals surface area (Å²) in [6.07, 6.45) is 3.35. The molecule has 2 aromatic heterocycles. The molecule has 32 heavy (non-hydrogen) atoms. The highest BCUT2D eigenvalue weighted by Gasteiger charge is 2.40. The molecule has 1 amide bonds. The van der Waals surface area contributed by atoms with Crippen LogP contribution in [0.5, 0.6) is 0 Å². The summed E-state index contributed by atoms with van der Waals surface area (Å²) in [7, 11) is 2.07. The van der Waals surface area contributed by atoms with Crippen LogP contribution in [-0.4, -0.2) is 66.0 Å². The maximum absolute atomic E-state index is 15.0. The fourth-order valence-electron chi connectivity index (χ4n) is 4.08. The van der Waals surface area contributed by atoms with E-state index in [0.717, 1.165) is 47.8 Å². The lowest BCUT2D eigenvalue weighted by atomic mass is 9.97. The smallest absolute Gasteiger partial charge is 0.268 e. The van der Waals surface area contributed by atoms with E-state index in [2.05, 4.69) is 32.1 Å². The minimum Gasteiger partial charge on any atom is -0.361 e. The van der Waals surface area contributed by atoms with Crippen molar-refractivity contribution in [2.75, 3.05) is 38.1 Å². The van der Waals surface area contributed by atoms with Crippen molar-refractivity contribution in [3.63, 3.8) is 0 Å². The van der Waals surface area contributed by atoms with Gasteiger partial charge in [0, 0.05) is 56.1 Å². The number of halogens is 2. The number of rotatable bonds is 8. The Morgan fingerprint density at radius 1 is 1.28 bits per heavy atom. The number of anilines is 1. The number of thiazole rings is 1. The van der Waals surface area contributed by atoms with Crippen molar-refractivity contribution in [1.29, 1.82) is 0 Å².